The van der Waals surface area contributed by atoms with Gasteiger partial charge in [0.2, 0.25) is 0 Å². The number of carbonyl (C=O) groups is 1. The number of nitrogens with one attached hydrogen (secondary N) is 2. The number of hydrogen-bond acceptors (Lipinski definition) is 7. The molecule has 2 bridgehead atoms. The van der Waals surface area contributed by atoms with E-state index in [2.05, 4.69) is 21.6 Å². The molecule has 2 saturated heterocycles. The summed E-state index contributed by atoms with van der Waals surface area (Å²) in [5, 5.41) is 11.4. The summed E-state index contributed by atoms with van der Waals surface area (Å²) in [7, 11) is 0. The van der Waals surface area contributed by atoms with E-state index < -0.39 is 0 Å². The molecule has 5 rings (SSSR count). The smallest absolute Gasteiger partial charge is 0.306 e. The number of anilines is 2. The summed E-state index contributed by atoms with van der Waals surface area (Å²) in [4.78, 5) is 18.9. The number of benzene rings is 1. The minimum Gasteiger partial charge on any atom is -0.464 e. The molecule has 2 aromatic heterocycles. The van der Waals surface area contributed by atoms with Crippen molar-refractivity contribution in [2.75, 3.05) is 36.5 Å². The first-order valence-corrected chi connectivity index (χ1v) is 12.9. The molecule has 2 aliphatic rings. The molecule has 0 aliphatic carbocycles. The van der Waals surface area contributed by atoms with E-state index in [9.17, 15) is 4.79 Å². The lowest BCUT2D eigenvalue weighted by Crippen LogP contribution is -2.43. The van der Waals surface area contributed by atoms with Crippen molar-refractivity contribution >= 4 is 40.3 Å². The number of morpholine rings is 1. The van der Waals surface area contributed by atoms with E-state index in [4.69, 9.17) is 31.8 Å². The lowest BCUT2D eigenvalue weighted by Gasteiger charge is -2.33. The van der Waals surface area contributed by atoms with Crippen LogP contribution in [-0.2, 0) is 14.3 Å². The third kappa shape index (κ3) is 5.76. The van der Waals surface area contributed by atoms with Gasteiger partial charge in [0.1, 0.15) is 12.1 Å². The fourth-order valence-corrected chi connectivity index (χ4v) is 4.88. The average Bonchev–Trinajstić information content (AvgIpc) is 3.46. The molecule has 2 N–H and O–H groups in total. The van der Waals surface area contributed by atoms with E-state index in [1.807, 2.05) is 54.9 Å². The highest BCUT2D eigenvalue weighted by Crippen LogP contribution is 2.32. The van der Waals surface area contributed by atoms with Gasteiger partial charge in [-0.05, 0) is 67.4 Å². The number of nitrogens with zero attached hydrogens (tertiary/aromatic N) is 4. The largest absolute Gasteiger partial charge is 0.464 e. The van der Waals surface area contributed by atoms with Crippen LogP contribution in [0.25, 0.3) is 16.9 Å². The van der Waals surface area contributed by atoms with Gasteiger partial charge in [-0.2, -0.15) is 0 Å². The zero-order chi connectivity index (χ0) is 25.1. The van der Waals surface area contributed by atoms with Gasteiger partial charge in [0, 0.05) is 37.0 Å². The maximum absolute atomic E-state index is 11.6. The average molecular weight is 509 g/mol. The van der Waals surface area contributed by atoms with Crippen LogP contribution in [0.1, 0.15) is 33.1 Å². The Morgan fingerprint density at radius 1 is 1.19 bits per heavy atom. The summed E-state index contributed by atoms with van der Waals surface area (Å²) in [6, 6.07) is 11.9. The standard InChI is InChI=1S/C26H32N6O3S/c1-17(2)14-23(33)34-13-11-27-26(36)28-19-7-5-18(6-8-19)24-29-25(22-4-3-12-32(22)30-24)31-15-20-9-10-21(16-31)35-20/h3-8,12,17,20-21H,9-11,13-16H2,1-2H3,(H2,27,28,36)/t20-,21+. The second-order valence-electron chi connectivity index (χ2n) is 9.74. The zero-order valence-corrected chi connectivity index (χ0v) is 21.5. The second kappa shape index (κ2) is 10.8. The Bertz CT molecular complexity index is 1220. The number of hydrogen-bond donors (Lipinski definition) is 2. The number of esters is 1. The minimum atomic E-state index is -0.189. The van der Waals surface area contributed by atoms with Crippen LogP contribution in [-0.4, -0.2) is 64.1 Å². The van der Waals surface area contributed by atoms with Gasteiger partial charge in [-0.1, -0.05) is 13.8 Å². The fraction of sp³-hybridized carbons (Fsp3) is 0.462. The molecule has 2 fully saturated rings. The number of fused-ring (bicyclic) bond motifs is 3. The predicted molar refractivity (Wildman–Crippen MR) is 143 cm³/mol. The van der Waals surface area contributed by atoms with Gasteiger partial charge in [0.15, 0.2) is 16.8 Å². The van der Waals surface area contributed by atoms with Crippen molar-refractivity contribution < 1.29 is 14.3 Å². The molecule has 0 radical (unpaired) electrons. The van der Waals surface area contributed by atoms with Gasteiger partial charge >= 0.3 is 5.97 Å². The van der Waals surface area contributed by atoms with Gasteiger partial charge in [0.25, 0.3) is 0 Å². The molecule has 190 valence electrons. The summed E-state index contributed by atoms with van der Waals surface area (Å²) in [5.41, 5.74) is 2.77. The van der Waals surface area contributed by atoms with Crippen LogP contribution in [0.5, 0.6) is 0 Å². The molecular formula is C26H32N6O3S. The number of rotatable bonds is 8. The molecule has 0 saturated carbocycles. The van der Waals surface area contributed by atoms with Crippen LogP contribution in [0.2, 0.25) is 0 Å². The number of ether oxygens (including phenoxy) is 2. The predicted octanol–water partition coefficient (Wildman–Crippen LogP) is 3.64. The Hall–Kier alpha value is -3.24. The maximum atomic E-state index is 11.6. The maximum Gasteiger partial charge on any atom is 0.306 e. The SMILES string of the molecule is CC(C)CC(=O)OCCNC(=S)Nc1ccc(-c2nc(N3C[C@H]4CC[C@@H](C3)O4)c3cccn3n2)cc1. The van der Waals surface area contributed by atoms with Crippen molar-refractivity contribution in [3.8, 4) is 11.4 Å². The third-order valence-corrected chi connectivity index (χ3v) is 6.59. The van der Waals surface area contributed by atoms with Gasteiger partial charge in [-0.25, -0.2) is 9.50 Å². The number of thiocarbonyl (C=S) groups is 1. The fourth-order valence-electron chi connectivity index (χ4n) is 4.66. The lowest BCUT2D eigenvalue weighted by atomic mass is 10.1. The molecule has 0 unspecified atom stereocenters. The van der Waals surface area contributed by atoms with Crippen molar-refractivity contribution in [2.24, 2.45) is 5.92 Å². The Morgan fingerprint density at radius 2 is 1.94 bits per heavy atom. The Balaban J connectivity index is 1.21. The Morgan fingerprint density at radius 3 is 2.67 bits per heavy atom. The normalized spacial score (nSPS) is 19.0. The van der Waals surface area contributed by atoms with Crippen LogP contribution in [0, 0.1) is 5.92 Å². The minimum absolute atomic E-state index is 0.189. The summed E-state index contributed by atoms with van der Waals surface area (Å²) < 4.78 is 13.1. The van der Waals surface area contributed by atoms with Gasteiger partial charge in [0.05, 0.1) is 18.8 Å². The molecule has 3 aromatic rings. The van der Waals surface area contributed by atoms with E-state index in [1.54, 1.807) is 0 Å². The Kier molecular flexibility index (Phi) is 7.33. The van der Waals surface area contributed by atoms with Crippen LogP contribution in [0.15, 0.2) is 42.6 Å². The first kappa shape index (κ1) is 24.5. The molecule has 9 nitrogen and oxygen atoms in total. The molecule has 36 heavy (non-hydrogen) atoms. The van der Waals surface area contributed by atoms with Crippen molar-refractivity contribution in [3.05, 3.63) is 42.6 Å². The molecular weight excluding hydrogens is 476 g/mol. The molecule has 0 spiro atoms. The highest BCUT2D eigenvalue weighted by atomic mass is 32.1. The van der Waals surface area contributed by atoms with Crippen LogP contribution >= 0.6 is 12.2 Å². The molecule has 4 heterocycles. The van der Waals surface area contributed by atoms with E-state index in [-0.39, 0.29) is 30.7 Å². The van der Waals surface area contributed by atoms with Crippen LogP contribution in [0.4, 0.5) is 11.5 Å². The summed E-state index contributed by atoms with van der Waals surface area (Å²) in [6.45, 7) is 6.42. The van der Waals surface area contributed by atoms with Crippen molar-refractivity contribution in [1.29, 1.82) is 0 Å². The number of aromatic nitrogens is 3. The van der Waals surface area contributed by atoms with Crippen molar-refractivity contribution in [3.63, 3.8) is 0 Å². The van der Waals surface area contributed by atoms with Gasteiger partial charge in [-0.3, -0.25) is 4.79 Å². The monoisotopic (exact) mass is 508 g/mol. The highest BCUT2D eigenvalue weighted by Gasteiger charge is 2.35. The van der Waals surface area contributed by atoms with Gasteiger partial charge < -0.3 is 25.0 Å². The topological polar surface area (TPSA) is 93.0 Å². The second-order valence-corrected chi connectivity index (χ2v) is 10.1. The molecule has 1 aromatic carbocycles. The van der Waals surface area contributed by atoms with E-state index in [0.717, 1.165) is 48.5 Å². The first-order valence-electron chi connectivity index (χ1n) is 12.5. The summed E-state index contributed by atoms with van der Waals surface area (Å²) in [6.07, 6.45) is 5.18. The Labute approximate surface area is 216 Å². The van der Waals surface area contributed by atoms with E-state index in [1.165, 1.54) is 0 Å². The third-order valence-electron chi connectivity index (χ3n) is 6.34. The van der Waals surface area contributed by atoms with E-state index in [0.29, 0.717) is 23.9 Å². The quantitative estimate of drug-likeness (QED) is 0.269. The van der Waals surface area contributed by atoms with Crippen molar-refractivity contribution in [2.45, 2.75) is 45.3 Å². The van der Waals surface area contributed by atoms with Crippen LogP contribution < -0.4 is 15.5 Å². The summed E-state index contributed by atoms with van der Waals surface area (Å²) in [5.74, 6) is 1.72. The molecule has 10 heteroatoms. The van der Waals surface area contributed by atoms with Crippen LogP contribution in [0.3, 0.4) is 0 Å². The first-order chi connectivity index (χ1) is 17.4. The zero-order valence-electron chi connectivity index (χ0n) is 20.6. The van der Waals surface area contributed by atoms with Crippen molar-refractivity contribution in [1.82, 2.24) is 19.9 Å². The highest BCUT2D eigenvalue weighted by molar-refractivity contribution is 7.80. The van der Waals surface area contributed by atoms with Gasteiger partial charge in [-0.15, -0.1) is 5.10 Å². The molecule has 2 atom stereocenters. The summed E-state index contributed by atoms with van der Waals surface area (Å²) >= 11 is 5.36. The lowest BCUT2D eigenvalue weighted by molar-refractivity contribution is -0.144. The molecule has 0 amide bonds. The number of carbonyl (C=O) groups excluding carboxylic acids is 1. The molecule has 2 aliphatic heterocycles. The van der Waals surface area contributed by atoms with E-state index >= 15 is 0 Å².